The minimum absolute atomic E-state index is 0.102. The number of halogens is 1. The first-order chi connectivity index (χ1) is 14.1. The molecule has 5 nitrogen and oxygen atoms in total. The van der Waals surface area contributed by atoms with Crippen molar-refractivity contribution < 1.29 is 9.53 Å². The molecule has 0 aliphatic carbocycles. The molecule has 1 aromatic heterocycles. The van der Waals surface area contributed by atoms with E-state index in [1.165, 1.54) is 3.57 Å². The van der Waals surface area contributed by atoms with Crippen molar-refractivity contribution in [2.45, 2.75) is 13.0 Å². The number of fused-ring (bicyclic) bond motifs is 1. The molecule has 6 heteroatoms. The summed E-state index contributed by atoms with van der Waals surface area (Å²) in [6.45, 7) is 0.635. The van der Waals surface area contributed by atoms with Gasteiger partial charge in [0.15, 0.2) is 0 Å². The second-order valence-electron chi connectivity index (χ2n) is 6.71. The highest BCUT2D eigenvalue weighted by molar-refractivity contribution is 14.1. The zero-order chi connectivity index (χ0) is 20.2. The van der Waals surface area contributed by atoms with E-state index in [9.17, 15) is 4.79 Å². The predicted octanol–water partition coefficient (Wildman–Crippen LogP) is 4.88. The number of benzene rings is 3. The Bertz CT molecular complexity index is 1140. The van der Waals surface area contributed by atoms with E-state index < -0.39 is 0 Å². The van der Waals surface area contributed by atoms with Crippen LogP contribution in [0.4, 0.5) is 5.95 Å². The molecule has 1 amide bonds. The van der Waals surface area contributed by atoms with Crippen LogP contribution in [0.25, 0.3) is 11.0 Å². The molecule has 1 N–H and O–H groups in total. The normalized spacial score (nSPS) is 10.8. The van der Waals surface area contributed by atoms with Crippen LogP contribution in [0.5, 0.6) is 5.75 Å². The van der Waals surface area contributed by atoms with Crippen LogP contribution in [0, 0.1) is 3.57 Å². The van der Waals surface area contributed by atoms with Gasteiger partial charge in [0.1, 0.15) is 5.75 Å². The maximum atomic E-state index is 12.7. The first kappa shape index (κ1) is 19.4. The summed E-state index contributed by atoms with van der Waals surface area (Å²) in [4.78, 5) is 17.3. The first-order valence-corrected chi connectivity index (χ1v) is 10.3. The fraction of sp³-hybridized carbons (Fsp3) is 0.130. The molecule has 0 bridgehead atoms. The Balaban J connectivity index is 1.58. The molecular weight excluding hydrogens is 477 g/mol. The van der Waals surface area contributed by atoms with Gasteiger partial charge in [0.05, 0.1) is 31.1 Å². The number of methoxy groups -OCH3 is 1. The number of aromatic nitrogens is 2. The number of hydrogen-bond donors (Lipinski definition) is 1. The van der Waals surface area contributed by atoms with Crippen molar-refractivity contribution in [3.63, 3.8) is 0 Å². The minimum atomic E-state index is -0.102. The summed E-state index contributed by atoms with van der Waals surface area (Å²) < 4.78 is 8.40. The Labute approximate surface area is 182 Å². The van der Waals surface area contributed by atoms with E-state index in [0.717, 1.165) is 27.9 Å². The van der Waals surface area contributed by atoms with Gasteiger partial charge in [-0.15, -0.1) is 0 Å². The van der Waals surface area contributed by atoms with Gasteiger partial charge in [-0.05, 0) is 70.1 Å². The Kier molecular flexibility index (Phi) is 5.80. The number of rotatable bonds is 6. The van der Waals surface area contributed by atoms with Gasteiger partial charge >= 0.3 is 0 Å². The number of imidazole rings is 1. The van der Waals surface area contributed by atoms with Crippen LogP contribution in [0.1, 0.15) is 11.1 Å². The molecule has 0 aliphatic rings. The SMILES string of the molecule is COc1ccc(CC(=O)Nc2nc3ccccc3n2Cc2ccc(I)cc2)cc1. The van der Waals surface area contributed by atoms with Crippen molar-refractivity contribution in [3.8, 4) is 5.75 Å². The number of anilines is 1. The average Bonchev–Trinajstić information content (AvgIpc) is 3.07. The van der Waals surface area contributed by atoms with Gasteiger partial charge in [-0.1, -0.05) is 36.4 Å². The fourth-order valence-corrected chi connectivity index (χ4v) is 3.56. The van der Waals surface area contributed by atoms with E-state index in [0.29, 0.717) is 12.5 Å². The van der Waals surface area contributed by atoms with Crippen molar-refractivity contribution in [2.75, 3.05) is 12.4 Å². The molecule has 0 aliphatic heterocycles. The van der Waals surface area contributed by atoms with E-state index in [4.69, 9.17) is 4.74 Å². The number of carbonyl (C=O) groups excluding carboxylic acids is 1. The lowest BCUT2D eigenvalue weighted by atomic mass is 10.1. The Morgan fingerprint density at radius 2 is 1.69 bits per heavy atom. The zero-order valence-corrected chi connectivity index (χ0v) is 18.1. The molecule has 0 spiro atoms. The van der Waals surface area contributed by atoms with Gasteiger partial charge in [0, 0.05) is 3.57 Å². The number of carbonyl (C=O) groups is 1. The molecule has 0 radical (unpaired) electrons. The lowest BCUT2D eigenvalue weighted by molar-refractivity contribution is -0.115. The highest BCUT2D eigenvalue weighted by Crippen LogP contribution is 2.22. The van der Waals surface area contributed by atoms with E-state index in [2.05, 4.69) is 57.2 Å². The molecule has 4 aromatic rings. The summed E-state index contributed by atoms with van der Waals surface area (Å²) in [6, 6.07) is 23.8. The molecule has 0 saturated carbocycles. The van der Waals surface area contributed by atoms with E-state index in [1.54, 1.807) is 7.11 Å². The number of ether oxygens (including phenoxy) is 1. The highest BCUT2D eigenvalue weighted by atomic mass is 127. The zero-order valence-electron chi connectivity index (χ0n) is 15.9. The second kappa shape index (κ2) is 8.65. The quantitative estimate of drug-likeness (QED) is 0.387. The van der Waals surface area contributed by atoms with E-state index >= 15 is 0 Å². The van der Waals surface area contributed by atoms with Crippen LogP contribution >= 0.6 is 22.6 Å². The molecule has 0 fully saturated rings. The monoisotopic (exact) mass is 497 g/mol. The van der Waals surface area contributed by atoms with Crippen molar-refractivity contribution >= 4 is 45.5 Å². The molecule has 0 unspecified atom stereocenters. The fourth-order valence-electron chi connectivity index (χ4n) is 3.20. The molecule has 146 valence electrons. The van der Waals surface area contributed by atoms with Gasteiger partial charge in [-0.3, -0.25) is 10.1 Å². The molecule has 3 aromatic carbocycles. The van der Waals surface area contributed by atoms with Crippen molar-refractivity contribution in [1.29, 1.82) is 0 Å². The van der Waals surface area contributed by atoms with Crippen LogP contribution in [-0.4, -0.2) is 22.6 Å². The molecule has 0 saturated heterocycles. The van der Waals surface area contributed by atoms with Gasteiger partial charge in [0.25, 0.3) is 0 Å². The number of para-hydroxylation sites is 2. The Morgan fingerprint density at radius 1 is 1.00 bits per heavy atom. The van der Waals surface area contributed by atoms with Crippen LogP contribution in [0.15, 0.2) is 72.8 Å². The van der Waals surface area contributed by atoms with Gasteiger partial charge < -0.3 is 9.30 Å². The first-order valence-electron chi connectivity index (χ1n) is 9.25. The van der Waals surface area contributed by atoms with Crippen molar-refractivity contribution in [1.82, 2.24) is 9.55 Å². The van der Waals surface area contributed by atoms with Crippen LogP contribution in [0.3, 0.4) is 0 Å². The number of nitrogens with one attached hydrogen (secondary N) is 1. The lowest BCUT2D eigenvalue weighted by Crippen LogP contribution is -2.18. The minimum Gasteiger partial charge on any atom is -0.497 e. The summed E-state index contributed by atoms with van der Waals surface area (Å²) >= 11 is 2.29. The number of amides is 1. The molecule has 29 heavy (non-hydrogen) atoms. The van der Waals surface area contributed by atoms with Gasteiger partial charge in [0.2, 0.25) is 11.9 Å². The standard InChI is InChI=1S/C23H20IN3O2/c1-29-19-12-8-16(9-13-19)14-22(28)26-23-25-20-4-2-3-5-21(20)27(23)15-17-6-10-18(24)11-7-17/h2-13H,14-15H2,1H3,(H,25,26,28). The smallest absolute Gasteiger partial charge is 0.231 e. The van der Waals surface area contributed by atoms with E-state index in [-0.39, 0.29) is 12.3 Å². The topological polar surface area (TPSA) is 56.1 Å². The molecule has 1 heterocycles. The third-order valence-electron chi connectivity index (χ3n) is 4.68. The summed E-state index contributed by atoms with van der Waals surface area (Å²) in [5.74, 6) is 1.23. The predicted molar refractivity (Wildman–Crippen MR) is 123 cm³/mol. The Hall–Kier alpha value is -2.87. The number of nitrogens with zero attached hydrogens (tertiary/aromatic N) is 2. The van der Waals surface area contributed by atoms with Gasteiger partial charge in [-0.2, -0.15) is 0 Å². The summed E-state index contributed by atoms with van der Waals surface area (Å²) in [7, 11) is 1.62. The van der Waals surface area contributed by atoms with Crippen molar-refractivity contribution in [3.05, 3.63) is 87.5 Å². The maximum absolute atomic E-state index is 12.7. The third-order valence-corrected chi connectivity index (χ3v) is 5.40. The lowest BCUT2D eigenvalue weighted by Gasteiger charge is -2.11. The maximum Gasteiger partial charge on any atom is 0.231 e. The van der Waals surface area contributed by atoms with Crippen LogP contribution in [0.2, 0.25) is 0 Å². The molecule has 4 rings (SSSR count). The van der Waals surface area contributed by atoms with Crippen LogP contribution < -0.4 is 10.1 Å². The second-order valence-corrected chi connectivity index (χ2v) is 7.96. The van der Waals surface area contributed by atoms with Crippen molar-refractivity contribution in [2.24, 2.45) is 0 Å². The highest BCUT2D eigenvalue weighted by Gasteiger charge is 2.14. The third kappa shape index (κ3) is 4.59. The molecule has 0 atom stereocenters. The summed E-state index contributed by atoms with van der Waals surface area (Å²) in [5, 5.41) is 2.99. The average molecular weight is 497 g/mol. The number of hydrogen-bond acceptors (Lipinski definition) is 3. The Morgan fingerprint density at radius 3 is 2.41 bits per heavy atom. The largest absolute Gasteiger partial charge is 0.497 e. The van der Waals surface area contributed by atoms with Gasteiger partial charge in [-0.25, -0.2) is 4.98 Å². The molecular formula is C23H20IN3O2. The summed E-state index contributed by atoms with van der Waals surface area (Å²) in [6.07, 6.45) is 0.275. The van der Waals surface area contributed by atoms with Crippen LogP contribution in [-0.2, 0) is 17.8 Å². The van der Waals surface area contributed by atoms with E-state index in [1.807, 2.05) is 53.1 Å². The summed E-state index contributed by atoms with van der Waals surface area (Å²) in [5.41, 5.74) is 3.92.